The van der Waals surface area contributed by atoms with Crippen LogP contribution in [0, 0.1) is 0 Å². The van der Waals surface area contributed by atoms with E-state index in [9.17, 15) is 26.3 Å². The predicted molar refractivity (Wildman–Crippen MR) is 264 cm³/mol. The van der Waals surface area contributed by atoms with Crippen LogP contribution in [0.15, 0.2) is 179 Å². The first-order valence-corrected chi connectivity index (χ1v) is 22.4. The minimum atomic E-state index is -4.46. The average molecular weight is 913 g/mol. The van der Waals surface area contributed by atoms with E-state index in [0.29, 0.717) is 45.5 Å². The van der Waals surface area contributed by atoms with Gasteiger partial charge in [-0.2, -0.15) is 26.3 Å². The van der Waals surface area contributed by atoms with E-state index in [1.54, 1.807) is 0 Å². The van der Waals surface area contributed by atoms with Crippen molar-refractivity contribution < 1.29 is 35.2 Å². The Hall–Kier alpha value is -7.72. The summed E-state index contributed by atoms with van der Waals surface area (Å²) in [6.07, 6.45) is -8.91. The fourth-order valence-electron chi connectivity index (χ4n) is 9.34. The molecule has 0 saturated carbocycles. The van der Waals surface area contributed by atoms with E-state index < -0.39 is 23.5 Å². The Labute approximate surface area is 387 Å². The molecule has 11 rings (SSSR count). The monoisotopic (exact) mass is 912 g/mol. The van der Waals surface area contributed by atoms with E-state index in [0.717, 1.165) is 101 Å². The second-order valence-corrected chi connectivity index (χ2v) is 18.0. The molecule has 0 spiro atoms. The molecule has 0 amide bonds. The van der Waals surface area contributed by atoms with Crippen LogP contribution in [0.3, 0.4) is 0 Å². The molecule has 2 heterocycles. The van der Waals surface area contributed by atoms with Crippen molar-refractivity contribution in [2.24, 2.45) is 0 Å². The summed E-state index contributed by atoms with van der Waals surface area (Å²) in [6, 6.07) is 50.7. The lowest BCUT2D eigenvalue weighted by molar-refractivity contribution is -0.138. The van der Waals surface area contributed by atoms with Crippen molar-refractivity contribution in [2.45, 2.75) is 51.9 Å². The summed E-state index contributed by atoms with van der Waals surface area (Å²) in [5.41, 5.74) is 7.86. The van der Waals surface area contributed by atoms with Crippen LogP contribution in [0.5, 0.6) is 0 Å². The molecule has 0 radical (unpaired) electrons. The number of benzene rings is 9. The molecule has 4 nitrogen and oxygen atoms in total. The molecule has 0 aliphatic carbocycles. The lowest BCUT2D eigenvalue weighted by atomic mass is 10.0. The Morgan fingerprint density at radius 2 is 0.750 bits per heavy atom. The van der Waals surface area contributed by atoms with Crippen molar-refractivity contribution in [1.29, 1.82) is 0 Å². The van der Waals surface area contributed by atoms with Crippen molar-refractivity contribution in [3.05, 3.63) is 192 Å². The van der Waals surface area contributed by atoms with Gasteiger partial charge in [0.2, 0.25) is 0 Å². The molecule has 0 N–H and O–H groups in total. The van der Waals surface area contributed by atoms with Crippen LogP contribution in [0.1, 0.15) is 61.8 Å². The fourth-order valence-corrected chi connectivity index (χ4v) is 9.34. The Kier molecular flexibility index (Phi) is 10.1. The first-order chi connectivity index (χ1) is 32.6. The third kappa shape index (κ3) is 7.54. The van der Waals surface area contributed by atoms with E-state index in [1.165, 1.54) is 24.3 Å². The number of furan rings is 2. The Morgan fingerprint density at radius 1 is 0.353 bits per heavy atom. The number of fused-ring (bicyclic) bond motifs is 9. The summed E-state index contributed by atoms with van der Waals surface area (Å²) in [4.78, 5) is 3.91. The fraction of sp³-hybridized carbons (Fsp3) is 0.138. The highest BCUT2D eigenvalue weighted by molar-refractivity contribution is 6.24. The smallest absolute Gasteiger partial charge is 0.416 e. The zero-order valence-corrected chi connectivity index (χ0v) is 37.3. The second kappa shape index (κ2) is 16.0. The van der Waals surface area contributed by atoms with Gasteiger partial charge in [-0.25, -0.2) is 0 Å². The summed E-state index contributed by atoms with van der Waals surface area (Å²) >= 11 is 0. The largest absolute Gasteiger partial charge is 0.456 e. The van der Waals surface area contributed by atoms with Crippen molar-refractivity contribution in [1.82, 2.24) is 0 Å². The van der Waals surface area contributed by atoms with E-state index in [4.69, 9.17) is 8.83 Å². The number of rotatable bonds is 8. The lowest BCUT2D eigenvalue weighted by Crippen LogP contribution is -2.11. The predicted octanol–water partition coefficient (Wildman–Crippen LogP) is 19.0. The third-order valence-corrected chi connectivity index (χ3v) is 13.0. The Balaban J connectivity index is 1.00. The standard InChI is InChI=1S/C58H42F6N2O2/c1-33(2)35-5-15-43(16-6-35)65(45-21-11-41(12-22-45)57(59,60)61)47-19-9-37-29-50-49-25-26-52-55(56(49)68-53(50)31-39(37)27-47)51-30-38-10-20-48(28-40(38)32-54(51)67-52)66(44-17-7-36(8-18-44)34(3)4)46-23-13-42(14-24-46)58(62,63)64/h5-34H,1-4H3. The van der Waals surface area contributed by atoms with Crippen molar-refractivity contribution >= 4 is 99.5 Å². The SMILES string of the molecule is CC(C)c1ccc(N(c2ccc(C(F)(F)F)cc2)c2ccc3cc4c(cc3c2)oc2c4ccc3oc4cc5cc(N(c6ccc(C(C)C)cc6)c6ccc(C(F)(F)F)cc6)ccc5cc4c32)cc1. The summed E-state index contributed by atoms with van der Waals surface area (Å²) in [6.45, 7) is 8.45. The molecule has 338 valence electrons. The van der Waals surface area contributed by atoms with Crippen molar-refractivity contribution in [2.75, 3.05) is 9.80 Å². The van der Waals surface area contributed by atoms with Gasteiger partial charge in [-0.05, 0) is 178 Å². The molecule has 2 aromatic heterocycles. The second-order valence-electron chi connectivity index (χ2n) is 18.0. The maximum atomic E-state index is 13.6. The molecule has 0 unspecified atom stereocenters. The molecule has 0 aliphatic heterocycles. The average Bonchev–Trinajstić information content (AvgIpc) is 3.87. The van der Waals surface area contributed by atoms with Gasteiger partial charge in [0, 0.05) is 50.3 Å². The summed E-state index contributed by atoms with van der Waals surface area (Å²) in [5, 5.41) is 7.23. The lowest BCUT2D eigenvalue weighted by Gasteiger charge is -2.26. The van der Waals surface area contributed by atoms with E-state index in [-0.39, 0.29) is 0 Å². The highest BCUT2D eigenvalue weighted by Crippen LogP contribution is 2.45. The van der Waals surface area contributed by atoms with Crippen LogP contribution in [0.4, 0.5) is 60.5 Å². The van der Waals surface area contributed by atoms with Crippen LogP contribution >= 0.6 is 0 Å². The van der Waals surface area contributed by atoms with Crippen molar-refractivity contribution in [3.8, 4) is 0 Å². The molecule has 0 atom stereocenters. The third-order valence-electron chi connectivity index (χ3n) is 13.0. The van der Waals surface area contributed by atoms with Crippen LogP contribution in [0.2, 0.25) is 0 Å². The first-order valence-electron chi connectivity index (χ1n) is 22.4. The van der Waals surface area contributed by atoms with Gasteiger partial charge in [-0.1, -0.05) is 64.1 Å². The minimum Gasteiger partial charge on any atom is -0.456 e. The van der Waals surface area contributed by atoms with Crippen LogP contribution in [0.25, 0.3) is 65.4 Å². The van der Waals surface area contributed by atoms with Crippen LogP contribution < -0.4 is 9.80 Å². The molecule has 0 bridgehead atoms. The minimum absolute atomic E-state index is 0.311. The quantitative estimate of drug-likeness (QED) is 0.142. The number of nitrogens with zero attached hydrogens (tertiary/aromatic N) is 2. The zero-order chi connectivity index (χ0) is 47.2. The molecule has 0 fully saturated rings. The molecular formula is C58H42F6N2O2. The summed E-state index contributed by atoms with van der Waals surface area (Å²) in [7, 11) is 0. The maximum absolute atomic E-state index is 13.6. The van der Waals surface area contributed by atoms with E-state index >= 15 is 0 Å². The highest BCUT2D eigenvalue weighted by Gasteiger charge is 2.31. The number of anilines is 6. The highest BCUT2D eigenvalue weighted by atomic mass is 19.4. The molecule has 10 heteroatoms. The molecule has 0 aliphatic rings. The summed E-state index contributed by atoms with van der Waals surface area (Å²) < 4.78 is 94.9. The van der Waals surface area contributed by atoms with Gasteiger partial charge in [0.1, 0.15) is 22.3 Å². The normalized spacial score (nSPS) is 12.5. The molecule has 68 heavy (non-hydrogen) atoms. The van der Waals surface area contributed by atoms with Gasteiger partial charge in [0.15, 0.2) is 0 Å². The topological polar surface area (TPSA) is 32.8 Å². The van der Waals surface area contributed by atoms with Gasteiger partial charge in [-0.15, -0.1) is 0 Å². The molecule has 0 saturated heterocycles. The van der Waals surface area contributed by atoms with Gasteiger partial charge in [-0.3, -0.25) is 0 Å². The molecular weight excluding hydrogens is 871 g/mol. The van der Waals surface area contributed by atoms with E-state index in [2.05, 4.69) is 39.8 Å². The van der Waals surface area contributed by atoms with Gasteiger partial charge in [0.25, 0.3) is 0 Å². The number of hydrogen-bond donors (Lipinski definition) is 0. The zero-order valence-electron chi connectivity index (χ0n) is 37.3. The van der Waals surface area contributed by atoms with Crippen molar-refractivity contribution in [3.63, 3.8) is 0 Å². The van der Waals surface area contributed by atoms with Gasteiger partial charge >= 0.3 is 12.4 Å². The number of hydrogen-bond acceptors (Lipinski definition) is 4. The number of alkyl halides is 6. The van der Waals surface area contributed by atoms with Gasteiger partial charge < -0.3 is 18.6 Å². The first kappa shape index (κ1) is 42.9. The van der Waals surface area contributed by atoms with Crippen LogP contribution in [-0.4, -0.2) is 0 Å². The van der Waals surface area contributed by atoms with Crippen LogP contribution in [-0.2, 0) is 12.4 Å². The summed E-state index contributed by atoms with van der Waals surface area (Å²) in [5.74, 6) is 0.622. The molecule has 9 aromatic carbocycles. The maximum Gasteiger partial charge on any atom is 0.416 e. The van der Waals surface area contributed by atoms with Gasteiger partial charge in [0.05, 0.1) is 16.5 Å². The number of halogens is 6. The Bertz CT molecular complexity index is 3700. The van der Waals surface area contributed by atoms with E-state index in [1.807, 2.05) is 119 Å². The molecule has 11 aromatic rings. The Morgan fingerprint density at radius 3 is 1.18 bits per heavy atom.